The Morgan fingerprint density at radius 1 is 1.26 bits per heavy atom. The number of benzene rings is 1. The van der Waals surface area contributed by atoms with E-state index in [-0.39, 0.29) is 11.9 Å². The standard InChI is InChI=1S/C14H15N5O3S/c1-21-10-6-8-5-9(23-12(8)7-11(10)22-2)3-4-13(20)15-14-16-18-19-17-14/h5-7H,3-4H2,1-2H3,(H2,15,16,17,18,19,20). The van der Waals surface area contributed by atoms with E-state index in [0.29, 0.717) is 24.3 Å². The van der Waals surface area contributed by atoms with Crippen molar-refractivity contribution in [3.05, 3.63) is 23.1 Å². The zero-order valence-electron chi connectivity index (χ0n) is 12.6. The van der Waals surface area contributed by atoms with Gasteiger partial charge in [0.25, 0.3) is 0 Å². The van der Waals surface area contributed by atoms with Gasteiger partial charge in [-0.2, -0.15) is 0 Å². The molecule has 2 aromatic heterocycles. The summed E-state index contributed by atoms with van der Waals surface area (Å²) in [6, 6.07) is 5.95. The smallest absolute Gasteiger partial charge is 0.246 e. The maximum Gasteiger partial charge on any atom is 0.246 e. The first-order chi connectivity index (χ1) is 11.2. The second-order valence-electron chi connectivity index (χ2n) is 4.76. The summed E-state index contributed by atoms with van der Waals surface area (Å²) in [4.78, 5) is 12.9. The highest BCUT2D eigenvalue weighted by molar-refractivity contribution is 7.19. The first-order valence-electron chi connectivity index (χ1n) is 6.87. The summed E-state index contributed by atoms with van der Waals surface area (Å²) in [5, 5.41) is 16.6. The third kappa shape index (κ3) is 3.39. The van der Waals surface area contributed by atoms with Gasteiger partial charge in [-0.05, 0) is 34.4 Å². The number of hydrogen-bond donors (Lipinski definition) is 2. The summed E-state index contributed by atoms with van der Waals surface area (Å²) in [6.07, 6.45) is 0.985. The van der Waals surface area contributed by atoms with E-state index in [1.54, 1.807) is 25.6 Å². The summed E-state index contributed by atoms with van der Waals surface area (Å²) >= 11 is 1.63. The fourth-order valence-corrected chi connectivity index (χ4v) is 3.26. The van der Waals surface area contributed by atoms with Crippen LogP contribution in [0.1, 0.15) is 11.3 Å². The van der Waals surface area contributed by atoms with Crippen LogP contribution in [0.25, 0.3) is 10.1 Å². The molecule has 0 saturated heterocycles. The van der Waals surface area contributed by atoms with Crippen molar-refractivity contribution in [3.8, 4) is 11.5 Å². The third-order valence-corrected chi connectivity index (χ3v) is 4.43. The van der Waals surface area contributed by atoms with Gasteiger partial charge >= 0.3 is 0 Å². The van der Waals surface area contributed by atoms with Crippen molar-refractivity contribution < 1.29 is 14.3 Å². The normalized spacial score (nSPS) is 10.7. The third-order valence-electron chi connectivity index (χ3n) is 3.28. The molecule has 0 aliphatic rings. The van der Waals surface area contributed by atoms with Gasteiger partial charge in [0.2, 0.25) is 11.9 Å². The molecule has 0 spiro atoms. The topological polar surface area (TPSA) is 102 Å². The van der Waals surface area contributed by atoms with Crippen LogP contribution in [-0.4, -0.2) is 40.8 Å². The lowest BCUT2D eigenvalue weighted by atomic mass is 10.2. The lowest BCUT2D eigenvalue weighted by Crippen LogP contribution is -2.13. The van der Waals surface area contributed by atoms with Gasteiger partial charge in [-0.15, -0.1) is 11.3 Å². The van der Waals surface area contributed by atoms with Crippen LogP contribution in [0, 0.1) is 0 Å². The predicted octanol–water partition coefficient (Wildman–Crippen LogP) is 2.00. The lowest BCUT2D eigenvalue weighted by molar-refractivity contribution is -0.116. The number of anilines is 1. The summed E-state index contributed by atoms with van der Waals surface area (Å²) in [5.74, 6) is 1.50. The minimum absolute atomic E-state index is 0.142. The van der Waals surface area contributed by atoms with E-state index in [9.17, 15) is 4.79 Å². The summed E-state index contributed by atoms with van der Waals surface area (Å²) in [5.41, 5.74) is 0. The molecule has 0 saturated carbocycles. The Kier molecular flexibility index (Phi) is 4.38. The molecule has 0 aliphatic heterocycles. The average Bonchev–Trinajstić information content (AvgIpc) is 3.20. The summed E-state index contributed by atoms with van der Waals surface area (Å²) < 4.78 is 11.7. The van der Waals surface area contributed by atoms with Crippen molar-refractivity contribution in [1.29, 1.82) is 0 Å². The molecule has 8 nitrogen and oxygen atoms in total. The zero-order valence-corrected chi connectivity index (χ0v) is 13.4. The maximum atomic E-state index is 11.8. The molecule has 120 valence electrons. The van der Waals surface area contributed by atoms with Crippen LogP contribution in [0.3, 0.4) is 0 Å². The SMILES string of the molecule is COc1cc2cc(CCC(=O)Nc3nnn[nH]3)sc2cc1OC. The zero-order chi connectivity index (χ0) is 16.2. The van der Waals surface area contributed by atoms with Crippen LogP contribution in [0.2, 0.25) is 0 Å². The number of nitrogens with zero attached hydrogens (tertiary/aromatic N) is 3. The fourth-order valence-electron chi connectivity index (χ4n) is 2.19. The number of aromatic amines is 1. The fraction of sp³-hybridized carbons (Fsp3) is 0.286. The van der Waals surface area contributed by atoms with Crippen LogP contribution < -0.4 is 14.8 Å². The molecule has 2 N–H and O–H groups in total. The van der Waals surface area contributed by atoms with Gasteiger partial charge in [0, 0.05) is 22.1 Å². The maximum absolute atomic E-state index is 11.8. The molecular weight excluding hydrogens is 318 g/mol. The number of H-pyrrole nitrogens is 1. The Morgan fingerprint density at radius 2 is 2.04 bits per heavy atom. The van der Waals surface area contributed by atoms with Gasteiger partial charge in [0.15, 0.2) is 11.5 Å². The second-order valence-corrected chi connectivity index (χ2v) is 5.92. The largest absolute Gasteiger partial charge is 0.493 e. The van der Waals surface area contributed by atoms with E-state index >= 15 is 0 Å². The number of carbonyl (C=O) groups is 1. The number of rotatable bonds is 6. The number of amides is 1. The van der Waals surface area contributed by atoms with E-state index in [2.05, 4.69) is 32.0 Å². The molecule has 0 atom stereocenters. The lowest BCUT2D eigenvalue weighted by Gasteiger charge is -2.06. The number of nitrogens with one attached hydrogen (secondary N) is 2. The van der Waals surface area contributed by atoms with Crippen LogP contribution >= 0.6 is 11.3 Å². The highest BCUT2D eigenvalue weighted by Crippen LogP contribution is 2.36. The first kappa shape index (κ1) is 15.2. The number of aromatic nitrogens is 4. The van der Waals surface area contributed by atoms with E-state index < -0.39 is 0 Å². The van der Waals surface area contributed by atoms with E-state index in [0.717, 1.165) is 15.0 Å². The Hall–Kier alpha value is -2.68. The number of fused-ring (bicyclic) bond motifs is 1. The van der Waals surface area contributed by atoms with Gasteiger partial charge in [0.05, 0.1) is 14.2 Å². The van der Waals surface area contributed by atoms with Gasteiger partial charge in [0.1, 0.15) is 0 Å². The molecule has 1 aromatic carbocycles. The Bertz CT molecular complexity index is 774. The molecule has 2 heterocycles. The number of aryl methyl sites for hydroxylation is 1. The second kappa shape index (κ2) is 6.61. The Labute approximate surface area is 135 Å². The number of ether oxygens (including phenoxy) is 2. The highest BCUT2D eigenvalue weighted by Gasteiger charge is 2.11. The predicted molar refractivity (Wildman–Crippen MR) is 86.1 cm³/mol. The van der Waals surface area contributed by atoms with Crippen LogP contribution in [-0.2, 0) is 11.2 Å². The highest BCUT2D eigenvalue weighted by atomic mass is 32.1. The molecule has 3 aromatic rings. The van der Waals surface area contributed by atoms with Crippen LogP contribution in [0.5, 0.6) is 11.5 Å². The van der Waals surface area contributed by atoms with E-state index in [1.807, 2.05) is 12.1 Å². The molecule has 0 radical (unpaired) electrons. The van der Waals surface area contributed by atoms with Crippen molar-refractivity contribution >= 4 is 33.3 Å². The number of thiophene rings is 1. The number of tetrazole rings is 1. The molecule has 9 heteroatoms. The molecule has 0 bridgehead atoms. The quantitative estimate of drug-likeness (QED) is 0.715. The van der Waals surface area contributed by atoms with Crippen molar-refractivity contribution in [2.45, 2.75) is 12.8 Å². The monoisotopic (exact) mass is 333 g/mol. The first-order valence-corrected chi connectivity index (χ1v) is 7.69. The molecule has 0 fully saturated rings. The number of hydrogen-bond acceptors (Lipinski definition) is 7. The van der Waals surface area contributed by atoms with Crippen molar-refractivity contribution in [1.82, 2.24) is 20.6 Å². The van der Waals surface area contributed by atoms with Crippen molar-refractivity contribution in [2.24, 2.45) is 0 Å². The minimum Gasteiger partial charge on any atom is -0.493 e. The average molecular weight is 333 g/mol. The molecule has 0 aliphatic carbocycles. The minimum atomic E-state index is -0.142. The van der Waals surface area contributed by atoms with Crippen LogP contribution in [0.4, 0.5) is 5.95 Å². The van der Waals surface area contributed by atoms with Gasteiger partial charge in [-0.3, -0.25) is 10.1 Å². The number of carbonyl (C=O) groups excluding carboxylic acids is 1. The van der Waals surface area contributed by atoms with Crippen LogP contribution in [0.15, 0.2) is 18.2 Å². The Balaban J connectivity index is 1.69. The van der Waals surface area contributed by atoms with Gasteiger partial charge in [-0.1, -0.05) is 5.10 Å². The van der Waals surface area contributed by atoms with Crippen molar-refractivity contribution in [2.75, 3.05) is 19.5 Å². The molecule has 1 amide bonds. The van der Waals surface area contributed by atoms with Gasteiger partial charge in [-0.25, -0.2) is 5.10 Å². The molecular formula is C14H15N5O3S. The molecule has 3 rings (SSSR count). The van der Waals surface area contributed by atoms with E-state index in [4.69, 9.17) is 9.47 Å². The summed E-state index contributed by atoms with van der Waals surface area (Å²) in [6.45, 7) is 0. The van der Waals surface area contributed by atoms with E-state index in [1.165, 1.54) is 0 Å². The number of methoxy groups -OCH3 is 2. The Morgan fingerprint density at radius 3 is 2.74 bits per heavy atom. The van der Waals surface area contributed by atoms with Gasteiger partial charge < -0.3 is 9.47 Å². The molecule has 23 heavy (non-hydrogen) atoms. The molecule has 0 unspecified atom stereocenters. The summed E-state index contributed by atoms with van der Waals surface area (Å²) in [7, 11) is 3.22. The van der Waals surface area contributed by atoms with Crippen molar-refractivity contribution in [3.63, 3.8) is 0 Å².